The normalized spacial score (nSPS) is 17.2. The minimum atomic E-state index is -3.35. The molecule has 0 spiro atoms. The van der Waals surface area contributed by atoms with E-state index in [1.807, 2.05) is 32.0 Å². The van der Waals surface area contributed by atoms with Crippen molar-refractivity contribution < 1.29 is 33.0 Å². The minimum absolute atomic E-state index is 0.0243. The molecule has 3 atom stereocenters. The molecule has 43 heavy (non-hydrogen) atoms. The van der Waals surface area contributed by atoms with Gasteiger partial charge in [-0.1, -0.05) is 78.3 Å². The molecule has 1 heterocycles. The molecule has 1 aliphatic heterocycles. The predicted molar refractivity (Wildman–Crippen MR) is 158 cm³/mol. The first kappa shape index (κ1) is 31.9. The molecule has 3 unspecified atom stereocenters. The molecule has 3 aromatic rings. The molecular weight excluding hydrogens is 580 g/mol. The largest absolute Gasteiger partial charge is 0.483 e. The van der Waals surface area contributed by atoms with Gasteiger partial charge in [0.1, 0.15) is 11.8 Å². The SMILES string of the molecule is Cc1cccc(C)c1OCC(=O)NC(Cc1ccccc1)C(O)C(=O)N1CC(F)(F)CC1C(=O)NCc1ccccc1Cl. The highest BCUT2D eigenvalue weighted by Crippen LogP contribution is 2.33. The molecule has 0 bridgehead atoms. The molecule has 1 aliphatic rings. The van der Waals surface area contributed by atoms with Crippen LogP contribution in [0, 0.1) is 13.8 Å². The molecule has 8 nitrogen and oxygen atoms in total. The summed E-state index contributed by atoms with van der Waals surface area (Å²) in [5, 5.41) is 16.8. The van der Waals surface area contributed by atoms with Crippen molar-refractivity contribution in [1.29, 1.82) is 0 Å². The number of nitrogens with one attached hydrogen (secondary N) is 2. The van der Waals surface area contributed by atoms with Crippen LogP contribution in [-0.4, -0.2) is 65.0 Å². The summed E-state index contributed by atoms with van der Waals surface area (Å²) in [5.41, 5.74) is 2.93. The van der Waals surface area contributed by atoms with Gasteiger partial charge in [-0.3, -0.25) is 14.4 Å². The Morgan fingerprint density at radius 1 is 1.02 bits per heavy atom. The van der Waals surface area contributed by atoms with Gasteiger partial charge in [-0.15, -0.1) is 0 Å². The molecule has 3 amide bonds. The molecule has 0 saturated carbocycles. The Hall–Kier alpha value is -4.02. The van der Waals surface area contributed by atoms with Crippen LogP contribution < -0.4 is 15.4 Å². The number of hydrogen-bond acceptors (Lipinski definition) is 5. The number of amides is 3. The molecule has 0 aromatic heterocycles. The Balaban J connectivity index is 1.49. The Bertz CT molecular complexity index is 1440. The predicted octanol–water partition coefficient (Wildman–Crippen LogP) is 3.98. The molecule has 3 N–H and O–H groups in total. The summed E-state index contributed by atoms with van der Waals surface area (Å²) in [6.45, 7) is 2.21. The number of carbonyl (C=O) groups is 3. The van der Waals surface area contributed by atoms with Gasteiger partial charge in [-0.2, -0.15) is 0 Å². The summed E-state index contributed by atoms with van der Waals surface area (Å²) in [4.78, 5) is 40.2. The van der Waals surface area contributed by atoms with Crippen molar-refractivity contribution in [2.75, 3.05) is 13.2 Å². The lowest BCUT2D eigenvalue weighted by atomic mass is 9.99. The molecule has 0 radical (unpaired) electrons. The first-order valence-electron chi connectivity index (χ1n) is 13.8. The van der Waals surface area contributed by atoms with Crippen molar-refractivity contribution in [3.8, 4) is 5.75 Å². The fraction of sp³-hybridized carbons (Fsp3) is 0.344. The zero-order valence-corrected chi connectivity index (χ0v) is 24.6. The van der Waals surface area contributed by atoms with Crippen LogP contribution in [0.15, 0.2) is 72.8 Å². The van der Waals surface area contributed by atoms with Gasteiger partial charge in [0.2, 0.25) is 5.91 Å². The first-order chi connectivity index (χ1) is 20.4. The van der Waals surface area contributed by atoms with Gasteiger partial charge in [-0.05, 0) is 48.6 Å². The minimum Gasteiger partial charge on any atom is -0.483 e. The molecular formula is C32H34ClF2N3O5. The molecule has 1 saturated heterocycles. The van der Waals surface area contributed by atoms with E-state index < -0.39 is 61.4 Å². The zero-order valence-electron chi connectivity index (χ0n) is 23.9. The summed E-state index contributed by atoms with van der Waals surface area (Å²) in [6.07, 6.45) is -2.80. The van der Waals surface area contributed by atoms with Crippen molar-refractivity contribution in [1.82, 2.24) is 15.5 Å². The summed E-state index contributed by atoms with van der Waals surface area (Å²) < 4.78 is 34.9. The van der Waals surface area contributed by atoms with Crippen LogP contribution in [0.3, 0.4) is 0 Å². The number of aliphatic hydroxyl groups is 1. The highest BCUT2D eigenvalue weighted by molar-refractivity contribution is 6.31. The second-order valence-corrected chi connectivity index (χ2v) is 11.1. The third-order valence-electron chi connectivity index (χ3n) is 7.30. The van der Waals surface area contributed by atoms with Gasteiger partial charge in [-0.25, -0.2) is 8.78 Å². The highest BCUT2D eigenvalue weighted by Gasteiger charge is 2.51. The van der Waals surface area contributed by atoms with Crippen LogP contribution >= 0.6 is 11.6 Å². The van der Waals surface area contributed by atoms with Crippen LogP contribution in [0.1, 0.15) is 28.7 Å². The third kappa shape index (κ3) is 8.30. The number of hydrogen-bond donors (Lipinski definition) is 3. The third-order valence-corrected chi connectivity index (χ3v) is 7.67. The molecule has 228 valence electrons. The second-order valence-electron chi connectivity index (χ2n) is 10.7. The summed E-state index contributed by atoms with van der Waals surface area (Å²) in [6, 6.07) is 18.4. The number of aliphatic hydroxyl groups excluding tert-OH is 1. The van der Waals surface area contributed by atoms with Crippen molar-refractivity contribution >= 4 is 29.3 Å². The molecule has 0 aliphatic carbocycles. The van der Waals surface area contributed by atoms with Crippen LogP contribution in [0.5, 0.6) is 5.75 Å². The van der Waals surface area contributed by atoms with Gasteiger partial charge in [0.05, 0.1) is 12.6 Å². The van der Waals surface area contributed by atoms with Crippen molar-refractivity contribution in [2.24, 2.45) is 0 Å². The van der Waals surface area contributed by atoms with Crippen LogP contribution in [0.2, 0.25) is 5.02 Å². The van der Waals surface area contributed by atoms with Gasteiger partial charge in [0, 0.05) is 18.0 Å². The summed E-state index contributed by atoms with van der Waals surface area (Å²) in [7, 11) is 0. The smallest absolute Gasteiger partial charge is 0.267 e. The number of para-hydroxylation sites is 1. The molecule has 3 aromatic carbocycles. The van der Waals surface area contributed by atoms with E-state index in [2.05, 4.69) is 10.6 Å². The Morgan fingerprint density at radius 3 is 2.35 bits per heavy atom. The standard InChI is InChI=1S/C32H34ClF2N3O5/c1-20-9-8-10-21(2)29(20)43-18-27(39)37-25(15-22-11-4-3-5-12-22)28(40)31(42)38-19-32(34,35)16-26(38)30(41)36-17-23-13-6-7-14-24(23)33/h3-14,25-26,28,40H,15-19H2,1-2H3,(H,36,41)(H,37,39). The van der Waals surface area contributed by atoms with Crippen molar-refractivity contribution in [3.05, 3.63) is 100 Å². The first-order valence-corrected chi connectivity index (χ1v) is 14.2. The lowest BCUT2D eigenvalue weighted by molar-refractivity contribution is -0.147. The van der Waals surface area contributed by atoms with E-state index in [0.29, 0.717) is 26.8 Å². The average molecular weight is 614 g/mol. The number of ether oxygens (including phenoxy) is 1. The number of halogens is 3. The average Bonchev–Trinajstić information content (AvgIpc) is 3.31. The lowest BCUT2D eigenvalue weighted by Gasteiger charge is -2.30. The van der Waals surface area contributed by atoms with Crippen molar-refractivity contribution in [2.45, 2.75) is 57.3 Å². The Labute approximate surface area is 254 Å². The highest BCUT2D eigenvalue weighted by atomic mass is 35.5. The van der Waals surface area contributed by atoms with E-state index in [9.17, 15) is 28.3 Å². The maximum Gasteiger partial charge on any atom is 0.267 e. The fourth-order valence-electron chi connectivity index (χ4n) is 5.09. The van der Waals surface area contributed by atoms with Gasteiger partial charge in [0.15, 0.2) is 12.7 Å². The quantitative estimate of drug-likeness (QED) is 0.303. The fourth-order valence-corrected chi connectivity index (χ4v) is 5.29. The zero-order chi connectivity index (χ0) is 31.1. The molecule has 1 fully saturated rings. The van der Waals surface area contributed by atoms with E-state index in [0.717, 1.165) is 11.1 Å². The topological polar surface area (TPSA) is 108 Å². The number of rotatable bonds is 11. The Kier molecular flexibility index (Phi) is 10.4. The monoisotopic (exact) mass is 613 g/mol. The molecule has 11 heteroatoms. The summed E-state index contributed by atoms with van der Waals surface area (Å²) in [5.74, 6) is -5.32. The van der Waals surface area contributed by atoms with E-state index in [4.69, 9.17) is 16.3 Å². The van der Waals surface area contributed by atoms with Gasteiger partial charge < -0.3 is 25.4 Å². The number of likely N-dealkylation sites (tertiary alicyclic amines) is 1. The number of nitrogens with zero attached hydrogens (tertiary/aromatic N) is 1. The maximum absolute atomic E-state index is 14.6. The van der Waals surface area contributed by atoms with E-state index in [-0.39, 0.29) is 13.0 Å². The second kappa shape index (κ2) is 14.0. The number of carbonyl (C=O) groups excluding carboxylic acids is 3. The van der Waals surface area contributed by atoms with Crippen LogP contribution in [0.25, 0.3) is 0 Å². The molecule has 4 rings (SSSR count). The van der Waals surface area contributed by atoms with Gasteiger partial charge in [0.25, 0.3) is 17.7 Å². The Morgan fingerprint density at radius 2 is 1.67 bits per heavy atom. The number of alkyl halides is 2. The van der Waals surface area contributed by atoms with E-state index in [1.54, 1.807) is 54.6 Å². The van der Waals surface area contributed by atoms with Gasteiger partial charge >= 0.3 is 0 Å². The van der Waals surface area contributed by atoms with E-state index >= 15 is 0 Å². The van der Waals surface area contributed by atoms with Crippen LogP contribution in [0.4, 0.5) is 8.78 Å². The summed E-state index contributed by atoms with van der Waals surface area (Å²) >= 11 is 6.14. The van der Waals surface area contributed by atoms with Crippen molar-refractivity contribution in [3.63, 3.8) is 0 Å². The maximum atomic E-state index is 14.6. The number of benzene rings is 3. The van der Waals surface area contributed by atoms with Crippen LogP contribution in [-0.2, 0) is 27.3 Å². The van der Waals surface area contributed by atoms with E-state index in [1.165, 1.54) is 0 Å². The number of aryl methyl sites for hydroxylation is 2. The lowest BCUT2D eigenvalue weighted by Crippen LogP contribution is -2.56.